The van der Waals surface area contributed by atoms with Crippen molar-refractivity contribution >= 4 is 27.5 Å². The number of halogens is 1. The van der Waals surface area contributed by atoms with E-state index in [1.165, 1.54) is 13.0 Å². The SMILES string of the molecule is CC(=O)NCC1CC(c2ccc(N3CCN(S(=O)(=O)[N+](=O)[O-])CC3)c(F)c2)=NO1. The fourth-order valence-corrected chi connectivity index (χ4v) is 3.98. The minimum atomic E-state index is -4.57. The quantitative estimate of drug-likeness (QED) is 0.500. The highest BCUT2D eigenvalue weighted by Crippen LogP contribution is 2.25. The number of oxime groups is 1. The van der Waals surface area contributed by atoms with Crippen LogP contribution < -0.4 is 10.2 Å². The maximum absolute atomic E-state index is 14.7. The third-order valence-electron chi connectivity index (χ3n) is 4.69. The highest BCUT2D eigenvalue weighted by Gasteiger charge is 2.36. The Morgan fingerprint density at radius 3 is 2.66 bits per heavy atom. The molecule has 0 spiro atoms. The van der Waals surface area contributed by atoms with E-state index in [2.05, 4.69) is 10.5 Å². The van der Waals surface area contributed by atoms with Gasteiger partial charge in [0, 0.05) is 45.1 Å². The molecule has 0 radical (unpaired) electrons. The van der Waals surface area contributed by atoms with Crippen LogP contribution in [0.3, 0.4) is 0 Å². The standard InChI is InChI=1S/C16H20FN5O6S/c1-11(23)18-10-13-9-15(19-28-13)12-2-3-16(14(17)8-12)20-4-6-21(7-5-20)29(26,27)22(24)25/h2-3,8,13H,4-7,9-10H2,1H3,(H,18,23). The Labute approximate surface area is 166 Å². The largest absolute Gasteiger partial charge is 0.498 e. The molecular weight excluding hydrogens is 409 g/mol. The third-order valence-corrected chi connectivity index (χ3v) is 6.08. The highest BCUT2D eigenvalue weighted by molar-refractivity contribution is 7.83. The van der Waals surface area contributed by atoms with Crippen molar-refractivity contribution in [3.63, 3.8) is 0 Å². The lowest BCUT2D eigenvalue weighted by Crippen LogP contribution is -2.50. The predicted molar refractivity (Wildman–Crippen MR) is 101 cm³/mol. The number of rotatable bonds is 6. The molecule has 13 heteroatoms. The van der Waals surface area contributed by atoms with E-state index in [1.54, 1.807) is 17.0 Å². The summed E-state index contributed by atoms with van der Waals surface area (Å²) >= 11 is 0. The molecule has 1 aromatic carbocycles. The van der Waals surface area contributed by atoms with Crippen molar-refractivity contribution in [2.45, 2.75) is 19.4 Å². The zero-order valence-electron chi connectivity index (χ0n) is 15.6. The predicted octanol–water partition coefficient (Wildman–Crippen LogP) is 0.0983. The molecule has 0 saturated carbocycles. The molecule has 0 bridgehead atoms. The fourth-order valence-electron chi connectivity index (χ4n) is 3.16. The summed E-state index contributed by atoms with van der Waals surface area (Å²) in [5.74, 6) is -0.690. The lowest BCUT2D eigenvalue weighted by molar-refractivity contribution is -0.312. The smallest absolute Gasteiger partial charge is 0.390 e. The Bertz CT molecular complexity index is 945. The van der Waals surface area contributed by atoms with E-state index in [1.807, 2.05) is 0 Å². The molecule has 1 aromatic rings. The van der Waals surface area contributed by atoms with E-state index in [4.69, 9.17) is 4.84 Å². The molecule has 1 N–H and O–H groups in total. The average Bonchev–Trinajstić information content (AvgIpc) is 3.15. The molecule has 158 valence electrons. The molecule has 1 fully saturated rings. The van der Waals surface area contributed by atoms with Gasteiger partial charge in [-0.15, -0.1) is 12.7 Å². The van der Waals surface area contributed by atoms with Crippen molar-refractivity contribution in [1.29, 1.82) is 0 Å². The maximum atomic E-state index is 14.7. The first kappa shape index (κ1) is 20.9. The number of piperazine rings is 1. The van der Waals surface area contributed by atoms with Gasteiger partial charge in [-0.05, 0) is 12.1 Å². The monoisotopic (exact) mass is 429 g/mol. The molecule has 2 heterocycles. The number of nitro groups is 1. The fraction of sp³-hybridized carbons (Fsp3) is 0.500. The van der Waals surface area contributed by atoms with Gasteiger partial charge in [0.1, 0.15) is 11.9 Å². The van der Waals surface area contributed by atoms with Crippen LogP contribution >= 0.6 is 0 Å². The first-order valence-corrected chi connectivity index (χ1v) is 10.2. The molecule has 3 rings (SSSR count). The van der Waals surface area contributed by atoms with Crippen LogP contribution in [0.15, 0.2) is 23.4 Å². The summed E-state index contributed by atoms with van der Waals surface area (Å²) in [7, 11) is -4.57. The van der Waals surface area contributed by atoms with Crippen LogP contribution in [0.5, 0.6) is 0 Å². The maximum Gasteiger partial charge on any atom is 0.498 e. The number of amides is 1. The van der Waals surface area contributed by atoms with Gasteiger partial charge in [-0.1, -0.05) is 11.2 Å². The Balaban J connectivity index is 1.63. The zero-order chi connectivity index (χ0) is 21.2. The van der Waals surface area contributed by atoms with E-state index < -0.39 is 20.4 Å². The average molecular weight is 429 g/mol. The van der Waals surface area contributed by atoms with Crippen LogP contribution in [0.1, 0.15) is 18.9 Å². The van der Waals surface area contributed by atoms with Crippen molar-refractivity contribution in [2.75, 3.05) is 37.6 Å². The van der Waals surface area contributed by atoms with Crippen LogP contribution in [-0.4, -0.2) is 67.5 Å². The minimum Gasteiger partial charge on any atom is -0.390 e. The van der Waals surface area contributed by atoms with E-state index in [0.717, 1.165) is 4.31 Å². The van der Waals surface area contributed by atoms with Crippen LogP contribution in [-0.2, 0) is 19.8 Å². The lowest BCUT2D eigenvalue weighted by Gasteiger charge is -2.33. The summed E-state index contributed by atoms with van der Waals surface area (Å²) in [4.78, 5) is 28.5. The van der Waals surface area contributed by atoms with Crippen LogP contribution in [0.4, 0.5) is 10.1 Å². The van der Waals surface area contributed by atoms with Gasteiger partial charge in [0.15, 0.2) is 4.33 Å². The van der Waals surface area contributed by atoms with Gasteiger partial charge < -0.3 is 15.1 Å². The third kappa shape index (κ3) is 4.62. The van der Waals surface area contributed by atoms with Crippen molar-refractivity contribution in [3.05, 3.63) is 39.7 Å². The number of anilines is 1. The number of carbonyl (C=O) groups excluding carboxylic acids is 1. The second-order valence-electron chi connectivity index (χ2n) is 6.66. The number of carbonyl (C=O) groups is 1. The van der Waals surface area contributed by atoms with E-state index in [0.29, 0.717) is 24.2 Å². The van der Waals surface area contributed by atoms with Gasteiger partial charge in [-0.25, -0.2) is 14.5 Å². The van der Waals surface area contributed by atoms with Gasteiger partial charge in [-0.2, -0.15) is 0 Å². The van der Waals surface area contributed by atoms with Gasteiger partial charge in [0.2, 0.25) is 5.91 Å². The molecule has 2 aliphatic rings. The zero-order valence-corrected chi connectivity index (χ0v) is 16.4. The molecule has 1 amide bonds. The van der Waals surface area contributed by atoms with Crippen LogP contribution in [0, 0.1) is 15.9 Å². The van der Waals surface area contributed by atoms with Gasteiger partial charge in [0.25, 0.3) is 0 Å². The molecule has 1 atom stereocenters. The van der Waals surface area contributed by atoms with Crippen molar-refractivity contribution in [1.82, 2.24) is 9.62 Å². The number of hydrogen-bond donors (Lipinski definition) is 1. The first-order chi connectivity index (χ1) is 13.7. The molecule has 11 nitrogen and oxygen atoms in total. The Kier molecular flexibility index (Phi) is 5.98. The number of hydrogen-bond acceptors (Lipinski definition) is 8. The number of nitrogens with zero attached hydrogens (tertiary/aromatic N) is 4. The molecule has 0 aliphatic carbocycles. The summed E-state index contributed by atoms with van der Waals surface area (Å²) in [5, 5.41) is 17.2. The van der Waals surface area contributed by atoms with Crippen molar-refractivity contribution in [2.24, 2.45) is 5.16 Å². The number of benzene rings is 1. The van der Waals surface area contributed by atoms with Gasteiger partial charge in [0.05, 0.1) is 17.9 Å². The van der Waals surface area contributed by atoms with Gasteiger partial charge in [-0.3, -0.25) is 4.79 Å². The van der Waals surface area contributed by atoms with E-state index in [9.17, 15) is 27.7 Å². The second-order valence-corrected chi connectivity index (χ2v) is 8.37. The van der Waals surface area contributed by atoms with Crippen LogP contribution in [0.25, 0.3) is 0 Å². The van der Waals surface area contributed by atoms with Crippen molar-refractivity contribution < 1.29 is 26.8 Å². The summed E-state index contributed by atoms with van der Waals surface area (Å²) in [6.45, 7) is 1.77. The van der Waals surface area contributed by atoms with E-state index >= 15 is 0 Å². The molecular formula is C16H20FN5O6S. The summed E-state index contributed by atoms with van der Waals surface area (Å²) < 4.78 is 37.3. The van der Waals surface area contributed by atoms with Crippen LogP contribution in [0.2, 0.25) is 0 Å². The van der Waals surface area contributed by atoms with Gasteiger partial charge >= 0.3 is 10.2 Å². The molecule has 1 saturated heterocycles. The molecule has 1 unspecified atom stereocenters. The topological polar surface area (TPSA) is 134 Å². The Morgan fingerprint density at radius 2 is 2.07 bits per heavy atom. The first-order valence-electron chi connectivity index (χ1n) is 8.85. The van der Waals surface area contributed by atoms with Crippen molar-refractivity contribution in [3.8, 4) is 0 Å². The summed E-state index contributed by atoms with van der Waals surface area (Å²) in [6, 6.07) is 4.56. The lowest BCUT2D eigenvalue weighted by atomic mass is 10.0. The second kappa shape index (κ2) is 8.29. The van der Waals surface area contributed by atoms with E-state index in [-0.39, 0.29) is 43.9 Å². The molecule has 29 heavy (non-hydrogen) atoms. The Hall–Kier alpha value is -2.80. The Morgan fingerprint density at radius 1 is 1.38 bits per heavy atom. The minimum absolute atomic E-state index is 0.101. The summed E-state index contributed by atoms with van der Waals surface area (Å²) in [5.41, 5.74) is 1.39. The highest BCUT2D eigenvalue weighted by atomic mass is 32.2. The number of nitrogens with one attached hydrogen (secondary N) is 1. The summed E-state index contributed by atoms with van der Waals surface area (Å²) in [6.07, 6.45) is 0.115. The molecule has 2 aliphatic heterocycles. The normalized spacial score (nSPS) is 20.1. The molecule has 0 aromatic heterocycles.